The average Bonchev–Trinajstić information content (AvgIpc) is 3.53. The summed E-state index contributed by atoms with van der Waals surface area (Å²) in [4.78, 5) is 83.2. The van der Waals surface area contributed by atoms with Gasteiger partial charge in [-0.2, -0.15) is 0 Å². The molecule has 51 heavy (non-hydrogen) atoms. The Morgan fingerprint density at radius 1 is 1.10 bits per heavy atom. The Labute approximate surface area is 302 Å². The van der Waals surface area contributed by atoms with E-state index in [0.717, 1.165) is 35.5 Å². The number of carbonyl (C=O) groups is 5. The number of hydrogen-bond acceptors (Lipinski definition) is 8. The molecule has 0 spiro atoms. The molecular weight excluding hydrogens is 700 g/mol. The Morgan fingerprint density at radius 2 is 1.75 bits per heavy atom. The third-order valence-corrected chi connectivity index (χ3v) is 10.2. The van der Waals surface area contributed by atoms with Crippen molar-refractivity contribution in [3.05, 3.63) is 59.2 Å². The fourth-order valence-corrected chi connectivity index (χ4v) is 6.74. The number of anilines is 1. The van der Waals surface area contributed by atoms with Gasteiger partial charge in [0, 0.05) is 44.5 Å². The van der Waals surface area contributed by atoms with Crippen LogP contribution in [0.15, 0.2) is 48.8 Å². The quantitative estimate of drug-likeness (QED) is 0.117. The molecule has 0 bridgehead atoms. The van der Waals surface area contributed by atoms with Gasteiger partial charge in [-0.3, -0.25) is 38.4 Å². The maximum Gasteiger partial charge on any atom is 0.363 e. The monoisotopic (exact) mass is 749 g/mol. The fraction of sp³-hybridized carbons (Fsp3) is 0.486. The van der Waals surface area contributed by atoms with Crippen molar-refractivity contribution in [2.24, 2.45) is 0 Å². The minimum atomic E-state index is -4.82. The zero-order valence-electron chi connectivity index (χ0n) is 29.8. The van der Waals surface area contributed by atoms with Gasteiger partial charge in [0.2, 0.25) is 24.6 Å². The molecule has 3 aromatic rings. The number of likely N-dealkylation sites (tertiary alicyclic amines) is 1. The number of likely N-dealkylation sites (N-methyl/N-ethyl adjacent to an activating group) is 1. The van der Waals surface area contributed by atoms with E-state index in [1.807, 2.05) is 18.7 Å². The SMILES string of the molecule is CC.CCCCCC(=O)N1CCCC1.CN(C(=O)C1(N(C=O)C=O)CC1)c1cccnc1.CNC(=O)c1cc2cc(C(F)P(=O)(O)O)ccc2s1. The van der Waals surface area contributed by atoms with Crippen LogP contribution in [-0.4, -0.2) is 87.8 Å². The number of imide groups is 1. The zero-order chi connectivity index (χ0) is 38.2. The summed E-state index contributed by atoms with van der Waals surface area (Å²) in [6.45, 7) is 8.18. The lowest BCUT2D eigenvalue weighted by atomic mass is 10.2. The standard InChI is InChI=1S/C12H13N3O3.C11H11FNO4PS.C10H19NO.C2H6/c1-14(10-3-2-6-13-7-10)11(18)12(4-5-12)15(8-16)9-17;1-13-11(14)9-5-7-4-6(2-3-8(7)19-9)10(12)18(15,16)17;1-2-3-4-7-10(12)11-8-5-6-9-11;1-2/h2-3,6-9H,4-5H2,1H3;2-5,10H,1H3,(H,13,14)(H2,15,16,17);2-9H2,1H3;1-2H3. The van der Waals surface area contributed by atoms with Crippen LogP contribution in [0, 0.1) is 0 Å². The van der Waals surface area contributed by atoms with Crippen molar-refractivity contribution in [1.29, 1.82) is 0 Å². The first-order chi connectivity index (χ1) is 24.3. The number of halogens is 1. The van der Waals surface area contributed by atoms with Crippen LogP contribution in [0.25, 0.3) is 10.1 Å². The second-order valence-corrected chi connectivity index (χ2v) is 14.4. The third kappa shape index (κ3) is 12.0. The Hall–Kier alpha value is -4.04. The highest BCUT2D eigenvalue weighted by Gasteiger charge is 2.56. The number of nitrogens with one attached hydrogen (secondary N) is 1. The Kier molecular flexibility index (Phi) is 17.5. The summed E-state index contributed by atoms with van der Waals surface area (Å²) >= 11 is 1.23. The van der Waals surface area contributed by atoms with E-state index in [-0.39, 0.29) is 17.4 Å². The summed E-state index contributed by atoms with van der Waals surface area (Å²) in [5.41, 5.74) is -0.457. The minimum absolute atomic E-state index is 0.0953. The molecule has 16 heteroatoms. The molecule has 2 fully saturated rings. The lowest BCUT2D eigenvalue weighted by molar-refractivity contribution is -0.140. The number of hydrogen-bond donors (Lipinski definition) is 3. The summed E-state index contributed by atoms with van der Waals surface area (Å²) in [6.07, 6.45) is 11.6. The van der Waals surface area contributed by atoms with Gasteiger partial charge in [0.05, 0.1) is 16.8 Å². The van der Waals surface area contributed by atoms with Crippen molar-refractivity contribution < 1.29 is 42.7 Å². The van der Waals surface area contributed by atoms with Crippen LogP contribution in [0.3, 0.4) is 0 Å². The van der Waals surface area contributed by atoms with Crippen molar-refractivity contribution in [3.63, 3.8) is 0 Å². The first kappa shape index (κ1) is 43.1. The number of pyridine rings is 1. The molecule has 280 valence electrons. The Balaban J connectivity index is 0.000000265. The number of thiophene rings is 1. The van der Waals surface area contributed by atoms with Gasteiger partial charge in [0.15, 0.2) is 0 Å². The molecular formula is C35H49FN5O8PS. The van der Waals surface area contributed by atoms with Crippen molar-refractivity contribution in [3.8, 4) is 0 Å². The Morgan fingerprint density at radius 3 is 2.25 bits per heavy atom. The molecule has 1 aliphatic carbocycles. The van der Waals surface area contributed by atoms with E-state index in [1.165, 1.54) is 61.1 Å². The average molecular weight is 750 g/mol. The van der Waals surface area contributed by atoms with Gasteiger partial charge in [-0.1, -0.05) is 39.7 Å². The number of unbranched alkanes of at least 4 members (excludes halogenated alkanes) is 2. The van der Waals surface area contributed by atoms with E-state index in [9.17, 15) is 32.9 Å². The molecule has 2 aromatic heterocycles. The van der Waals surface area contributed by atoms with Crippen LogP contribution < -0.4 is 10.2 Å². The van der Waals surface area contributed by atoms with E-state index in [1.54, 1.807) is 43.7 Å². The van der Waals surface area contributed by atoms with Crippen molar-refractivity contribution in [1.82, 2.24) is 20.1 Å². The molecule has 0 radical (unpaired) electrons. The highest BCUT2D eigenvalue weighted by Crippen LogP contribution is 2.53. The second-order valence-electron chi connectivity index (χ2n) is 11.7. The van der Waals surface area contributed by atoms with Gasteiger partial charge in [0.25, 0.3) is 11.8 Å². The first-order valence-corrected chi connectivity index (χ1v) is 19.4. The predicted molar refractivity (Wildman–Crippen MR) is 196 cm³/mol. The number of rotatable bonds is 12. The van der Waals surface area contributed by atoms with E-state index in [4.69, 9.17) is 9.79 Å². The van der Waals surface area contributed by atoms with Crippen LogP contribution in [0.5, 0.6) is 0 Å². The van der Waals surface area contributed by atoms with Crippen LogP contribution in [-0.2, 0) is 23.7 Å². The maximum atomic E-state index is 13.6. The number of fused-ring (bicyclic) bond motifs is 1. The van der Waals surface area contributed by atoms with Crippen molar-refractivity contribution >= 4 is 65.2 Å². The number of amides is 5. The van der Waals surface area contributed by atoms with Crippen LogP contribution in [0.2, 0.25) is 0 Å². The first-order valence-electron chi connectivity index (χ1n) is 16.9. The summed E-state index contributed by atoms with van der Waals surface area (Å²) in [7, 11) is -1.71. The molecule has 1 aliphatic heterocycles. The van der Waals surface area contributed by atoms with E-state index >= 15 is 0 Å². The number of benzene rings is 1. The molecule has 5 rings (SSSR count). The van der Waals surface area contributed by atoms with Gasteiger partial charge in [-0.25, -0.2) is 4.39 Å². The van der Waals surface area contributed by atoms with Gasteiger partial charge in [-0.15, -0.1) is 11.3 Å². The summed E-state index contributed by atoms with van der Waals surface area (Å²) < 4.78 is 25.2. The predicted octanol–water partition coefficient (Wildman–Crippen LogP) is 5.81. The van der Waals surface area contributed by atoms with Crippen LogP contribution in [0.1, 0.15) is 93.3 Å². The van der Waals surface area contributed by atoms with Crippen LogP contribution >= 0.6 is 18.9 Å². The number of aromatic nitrogens is 1. The molecule has 3 N–H and O–H groups in total. The van der Waals surface area contributed by atoms with Gasteiger partial charge in [0.1, 0.15) is 5.54 Å². The van der Waals surface area contributed by atoms with Gasteiger partial charge >= 0.3 is 7.60 Å². The summed E-state index contributed by atoms with van der Waals surface area (Å²) in [5, 5.41) is 3.06. The van der Waals surface area contributed by atoms with Crippen molar-refractivity contribution in [2.45, 2.75) is 83.6 Å². The summed E-state index contributed by atoms with van der Waals surface area (Å²) in [6, 6.07) is 9.24. The lowest BCUT2D eigenvalue weighted by Gasteiger charge is -2.27. The molecule has 1 atom stereocenters. The van der Waals surface area contributed by atoms with Gasteiger partial charge in [-0.05, 0) is 73.4 Å². The number of carbonyl (C=O) groups excluding carboxylic acids is 5. The molecule has 3 heterocycles. The maximum absolute atomic E-state index is 13.6. The molecule has 5 amide bonds. The molecule has 13 nitrogen and oxygen atoms in total. The minimum Gasteiger partial charge on any atom is -0.354 e. The summed E-state index contributed by atoms with van der Waals surface area (Å²) in [5.74, 6) is -2.49. The topological polar surface area (TPSA) is 178 Å². The van der Waals surface area contributed by atoms with Gasteiger partial charge < -0.3 is 24.9 Å². The molecule has 1 saturated carbocycles. The largest absolute Gasteiger partial charge is 0.363 e. The Bertz CT molecular complexity index is 1640. The number of alkyl halides is 1. The van der Waals surface area contributed by atoms with E-state index in [2.05, 4.69) is 17.2 Å². The lowest BCUT2D eigenvalue weighted by Crippen LogP contribution is -2.49. The third-order valence-electron chi connectivity index (χ3n) is 8.20. The highest BCUT2D eigenvalue weighted by molar-refractivity contribution is 7.51. The van der Waals surface area contributed by atoms with E-state index < -0.39 is 19.0 Å². The molecule has 1 aromatic carbocycles. The van der Waals surface area contributed by atoms with Crippen molar-refractivity contribution in [2.75, 3.05) is 32.1 Å². The van der Waals surface area contributed by atoms with Crippen LogP contribution in [0.4, 0.5) is 10.1 Å². The molecule has 1 saturated heterocycles. The fourth-order valence-electron chi connectivity index (χ4n) is 5.20. The second kappa shape index (κ2) is 20.7. The van der Waals surface area contributed by atoms with E-state index in [0.29, 0.717) is 47.5 Å². The highest BCUT2D eigenvalue weighted by atomic mass is 32.1. The smallest absolute Gasteiger partial charge is 0.354 e. The molecule has 1 unspecified atom stereocenters. The molecule has 2 aliphatic rings. The normalized spacial score (nSPS) is 14.6. The zero-order valence-corrected chi connectivity index (χ0v) is 31.5. The number of nitrogens with zero attached hydrogens (tertiary/aromatic N) is 4.